The summed E-state index contributed by atoms with van der Waals surface area (Å²) in [6.07, 6.45) is 1.52. The zero-order valence-electron chi connectivity index (χ0n) is 4.46. The predicted molar refractivity (Wildman–Crippen MR) is 25.2 cm³/mol. The molecule has 0 aliphatic rings. The largest absolute Gasteiger partial charge is 0.244 e. The standard InChI is InChI=1S/C5H10F/c1-4-5(2,3)6/h4H,1-3H3. The molecule has 0 heterocycles. The van der Waals surface area contributed by atoms with Crippen LogP contribution in [-0.4, -0.2) is 5.67 Å². The highest BCUT2D eigenvalue weighted by atomic mass is 19.1. The molecule has 6 heavy (non-hydrogen) atoms. The van der Waals surface area contributed by atoms with E-state index in [0.717, 1.165) is 0 Å². The number of rotatable bonds is 1. The van der Waals surface area contributed by atoms with E-state index in [1.54, 1.807) is 6.92 Å². The summed E-state index contributed by atoms with van der Waals surface area (Å²) in [7, 11) is 0. The molecule has 0 nitrogen and oxygen atoms in total. The van der Waals surface area contributed by atoms with Crippen molar-refractivity contribution >= 4 is 0 Å². The molecule has 1 radical (unpaired) electrons. The lowest BCUT2D eigenvalue weighted by Gasteiger charge is -2.06. The summed E-state index contributed by atoms with van der Waals surface area (Å²) in [5, 5.41) is 0. The lowest BCUT2D eigenvalue weighted by atomic mass is 10.1. The summed E-state index contributed by atoms with van der Waals surface area (Å²) in [6.45, 7) is 4.75. The first-order valence-corrected chi connectivity index (χ1v) is 2.06. The molecule has 0 unspecified atom stereocenters. The molecule has 0 rings (SSSR count). The van der Waals surface area contributed by atoms with Crippen molar-refractivity contribution in [1.82, 2.24) is 0 Å². The van der Waals surface area contributed by atoms with Crippen molar-refractivity contribution in [2.45, 2.75) is 26.4 Å². The van der Waals surface area contributed by atoms with Crippen LogP contribution in [0.1, 0.15) is 20.8 Å². The van der Waals surface area contributed by atoms with Crippen molar-refractivity contribution in [3.63, 3.8) is 0 Å². The van der Waals surface area contributed by atoms with Crippen molar-refractivity contribution in [2.24, 2.45) is 0 Å². The summed E-state index contributed by atoms with van der Waals surface area (Å²) in [5.74, 6) is 0. The Morgan fingerprint density at radius 3 is 1.67 bits per heavy atom. The quantitative estimate of drug-likeness (QED) is 0.460. The molecule has 0 N–H and O–H groups in total. The molecule has 37 valence electrons. The van der Waals surface area contributed by atoms with E-state index in [0.29, 0.717) is 0 Å². The number of hydrogen-bond acceptors (Lipinski definition) is 0. The van der Waals surface area contributed by atoms with Crippen LogP contribution in [0.15, 0.2) is 0 Å². The highest BCUT2D eigenvalue weighted by Gasteiger charge is 2.09. The van der Waals surface area contributed by atoms with Gasteiger partial charge in [-0.1, -0.05) is 6.92 Å². The van der Waals surface area contributed by atoms with Crippen LogP contribution < -0.4 is 0 Å². The fraction of sp³-hybridized carbons (Fsp3) is 0.800. The summed E-state index contributed by atoms with van der Waals surface area (Å²) in [6, 6.07) is 0. The first kappa shape index (κ1) is 5.93. The van der Waals surface area contributed by atoms with Crippen LogP contribution in [0.4, 0.5) is 4.39 Å². The monoisotopic (exact) mass is 89.1 g/mol. The van der Waals surface area contributed by atoms with Crippen LogP contribution in [0.3, 0.4) is 0 Å². The topological polar surface area (TPSA) is 0 Å². The molecule has 0 aromatic heterocycles. The van der Waals surface area contributed by atoms with E-state index >= 15 is 0 Å². The van der Waals surface area contributed by atoms with E-state index in [1.165, 1.54) is 20.3 Å². The lowest BCUT2D eigenvalue weighted by molar-refractivity contribution is 0.263. The highest BCUT2D eigenvalue weighted by Crippen LogP contribution is 2.09. The van der Waals surface area contributed by atoms with Crippen molar-refractivity contribution in [1.29, 1.82) is 0 Å². The number of alkyl halides is 1. The van der Waals surface area contributed by atoms with Crippen LogP contribution in [-0.2, 0) is 0 Å². The van der Waals surface area contributed by atoms with E-state index in [9.17, 15) is 4.39 Å². The fourth-order valence-electron chi connectivity index (χ4n) is 0. The second kappa shape index (κ2) is 1.59. The van der Waals surface area contributed by atoms with Gasteiger partial charge in [-0.2, -0.15) is 0 Å². The Balaban J connectivity index is 3.17. The second-order valence-electron chi connectivity index (χ2n) is 1.85. The predicted octanol–water partition coefficient (Wildman–Crippen LogP) is 1.96. The highest BCUT2D eigenvalue weighted by molar-refractivity contribution is 4.79. The van der Waals surface area contributed by atoms with Crippen LogP contribution >= 0.6 is 0 Å². The molecule has 1 heteroatoms. The van der Waals surface area contributed by atoms with Crippen molar-refractivity contribution < 1.29 is 4.39 Å². The minimum atomic E-state index is -1.08. The maximum atomic E-state index is 12.1. The van der Waals surface area contributed by atoms with Gasteiger partial charge in [-0.25, -0.2) is 4.39 Å². The Morgan fingerprint density at radius 1 is 1.50 bits per heavy atom. The third-order valence-corrected chi connectivity index (χ3v) is 0.686. The Morgan fingerprint density at radius 2 is 1.67 bits per heavy atom. The normalized spacial score (nSPS) is 12.0. The molecule has 0 aliphatic carbocycles. The first-order valence-electron chi connectivity index (χ1n) is 2.06. The third-order valence-electron chi connectivity index (χ3n) is 0.686. The summed E-state index contributed by atoms with van der Waals surface area (Å²) < 4.78 is 12.1. The van der Waals surface area contributed by atoms with Crippen LogP contribution in [0, 0.1) is 6.42 Å². The molecular weight excluding hydrogens is 79.1 g/mol. The van der Waals surface area contributed by atoms with Crippen LogP contribution in [0.25, 0.3) is 0 Å². The number of halogens is 1. The average molecular weight is 89.1 g/mol. The van der Waals surface area contributed by atoms with Gasteiger partial charge in [0.05, 0.1) is 0 Å². The van der Waals surface area contributed by atoms with E-state index in [-0.39, 0.29) is 0 Å². The molecule has 0 atom stereocenters. The van der Waals surface area contributed by atoms with E-state index in [2.05, 4.69) is 0 Å². The molecule has 0 aliphatic heterocycles. The maximum absolute atomic E-state index is 12.1. The lowest BCUT2D eigenvalue weighted by Crippen LogP contribution is -2.08. The average Bonchev–Trinajstić information content (AvgIpc) is 1.35. The van der Waals surface area contributed by atoms with Crippen molar-refractivity contribution in [3.05, 3.63) is 6.42 Å². The Hall–Kier alpha value is -0.0700. The molecule has 0 bridgehead atoms. The molecule has 0 aromatic carbocycles. The minimum absolute atomic E-state index is 1.08. The summed E-state index contributed by atoms with van der Waals surface area (Å²) >= 11 is 0. The van der Waals surface area contributed by atoms with Gasteiger partial charge in [0.1, 0.15) is 5.67 Å². The summed E-state index contributed by atoms with van der Waals surface area (Å²) in [4.78, 5) is 0. The van der Waals surface area contributed by atoms with Crippen LogP contribution in [0.2, 0.25) is 0 Å². The van der Waals surface area contributed by atoms with Gasteiger partial charge in [0, 0.05) is 0 Å². The molecular formula is C5H10F. The van der Waals surface area contributed by atoms with Crippen molar-refractivity contribution in [3.8, 4) is 0 Å². The van der Waals surface area contributed by atoms with Gasteiger partial charge >= 0.3 is 0 Å². The summed E-state index contributed by atoms with van der Waals surface area (Å²) in [5.41, 5.74) is -1.08. The van der Waals surface area contributed by atoms with Gasteiger partial charge in [-0.15, -0.1) is 0 Å². The van der Waals surface area contributed by atoms with E-state index < -0.39 is 5.67 Å². The van der Waals surface area contributed by atoms with Crippen LogP contribution in [0.5, 0.6) is 0 Å². The van der Waals surface area contributed by atoms with Gasteiger partial charge < -0.3 is 0 Å². The second-order valence-corrected chi connectivity index (χ2v) is 1.85. The fourth-order valence-corrected chi connectivity index (χ4v) is 0. The first-order chi connectivity index (χ1) is 2.56. The molecule has 0 spiro atoms. The zero-order valence-corrected chi connectivity index (χ0v) is 4.46. The van der Waals surface area contributed by atoms with Crippen molar-refractivity contribution in [2.75, 3.05) is 0 Å². The van der Waals surface area contributed by atoms with Gasteiger partial charge in [-0.3, -0.25) is 0 Å². The Kier molecular flexibility index (Phi) is 1.57. The number of hydrogen-bond donors (Lipinski definition) is 0. The van der Waals surface area contributed by atoms with Gasteiger partial charge in [0.2, 0.25) is 0 Å². The molecule has 0 fully saturated rings. The van der Waals surface area contributed by atoms with E-state index in [4.69, 9.17) is 0 Å². The third kappa shape index (κ3) is 3.93. The molecule has 0 aromatic rings. The SMILES string of the molecule is C[CH]C(C)(C)F. The van der Waals surface area contributed by atoms with Gasteiger partial charge in [-0.05, 0) is 20.3 Å². The van der Waals surface area contributed by atoms with Gasteiger partial charge in [0.25, 0.3) is 0 Å². The maximum Gasteiger partial charge on any atom is 0.108 e. The van der Waals surface area contributed by atoms with E-state index in [1.807, 2.05) is 0 Å². The Bertz CT molecular complexity index is 33.7. The van der Waals surface area contributed by atoms with Gasteiger partial charge in [0.15, 0.2) is 0 Å². The molecule has 0 saturated carbocycles. The zero-order chi connectivity index (χ0) is 5.21. The molecule has 0 amide bonds. The smallest absolute Gasteiger partial charge is 0.108 e. The molecule has 0 saturated heterocycles. The minimum Gasteiger partial charge on any atom is -0.244 e. The Labute approximate surface area is 38.4 Å².